The molecule has 2 aromatic carbocycles. The first-order valence-corrected chi connectivity index (χ1v) is 10.4. The van der Waals surface area contributed by atoms with E-state index in [9.17, 15) is 13.2 Å². The molecule has 0 aliphatic carbocycles. The second kappa shape index (κ2) is 7.37. The first kappa shape index (κ1) is 20.0. The van der Waals surface area contributed by atoms with E-state index in [1.165, 1.54) is 0 Å². The molecule has 1 aromatic heterocycles. The van der Waals surface area contributed by atoms with Gasteiger partial charge < -0.3 is 4.57 Å². The summed E-state index contributed by atoms with van der Waals surface area (Å²) in [5.74, 6) is -0.484. The van der Waals surface area contributed by atoms with Crippen LogP contribution < -0.4 is 10.3 Å². The number of benzene rings is 2. The topological polar surface area (TPSA) is 93.1 Å². The minimum Gasteiger partial charge on any atom is -0.321 e. The molecule has 0 unspecified atom stereocenters. The summed E-state index contributed by atoms with van der Waals surface area (Å²) >= 11 is 0. The molecule has 3 aromatic rings. The predicted molar refractivity (Wildman–Crippen MR) is 108 cm³/mol. The average Bonchev–Trinajstić information content (AvgIpc) is 3.06. The first-order chi connectivity index (χ1) is 13.1. The van der Waals surface area contributed by atoms with Gasteiger partial charge in [0.05, 0.1) is 22.3 Å². The maximum Gasteiger partial charge on any atom is 0.257 e. The number of carbonyl (C=O) groups excluding carboxylic acids is 1. The molecule has 0 aliphatic rings. The summed E-state index contributed by atoms with van der Waals surface area (Å²) < 4.78 is 27.4. The van der Waals surface area contributed by atoms with Gasteiger partial charge >= 0.3 is 0 Å². The Kier molecular flexibility index (Phi) is 5.27. The second-order valence-electron chi connectivity index (χ2n) is 6.97. The predicted octanol–water partition coefficient (Wildman–Crippen LogP) is 2.59. The maximum absolute atomic E-state index is 12.9. The van der Waals surface area contributed by atoms with E-state index in [1.807, 2.05) is 45.0 Å². The van der Waals surface area contributed by atoms with E-state index in [4.69, 9.17) is 0 Å². The Labute approximate surface area is 164 Å². The summed E-state index contributed by atoms with van der Waals surface area (Å²) in [6, 6.07) is 7.42. The number of para-hydroxylation sites is 2. The molecule has 0 saturated carbocycles. The van der Waals surface area contributed by atoms with Crippen LogP contribution in [0.1, 0.15) is 27.8 Å². The van der Waals surface area contributed by atoms with Crippen molar-refractivity contribution in [2.75, 3.05) is 0 Å². The lowest BCUT2D eigenvalue weighted by molar-refractivity contribution is -0.122. The Bertz CT molecular complexity index is 1150. The summed E-state index contributed by atoms with van der Waals surface area (Å²) in [4.78, 5) is 19.0. The van der Waals surface area contributed by atoms with Gasteiger partial charge in [-0.2, -0.15) is 0 Å². The zero-order chi connectivity index (χ0) is 20.6. The first-order valence-electron chi connectivity index (χ1n) is 8.91. The average molecular weight is 401 g/mol. The van der Waals surface area contributed by atoms with Crippen LogP contribution in [0, 0.1) is 34.6 Å². The molecule has 28 heavy (non-hydrogen) atoms. The Morgan fingerprint density at radius 1 is 0.964 bits per heavy atom. The largest absolute Gasteiger partial charge is 0.321 e. The van der Waals surface area contributed by atoms with E-state index >= 15 is 0 Å². The summed E-state index contributed by atoms with van der Waals surface area (Å²) in [6.45, 7) is 9.29. The van der Waals surface area contributed by atoms with Gasteiger partial charge in [-0.3, -0.25) is 10.2 Å². The monoisotopic (exact) mass is 400 g/mol. The van der Waals surface area contributed by atoms with Crippen molar-refractivity contribution in [3.8, 4) is 0 Å². The number of hydrogen-bond acceptors (Lipinski definition) is 4. The van der Waals surface area contributed by atoms with E-state index in [0.717, 1.165) is 27.7 Å². The minimum absolute atomic E-state index is 0.0487. The van der Waals surface area contributed by atoms with Crippen LogP contribution in [0.25, 0.3) is 11.0 Å². The van der Waals surface area contributed by atoms with E-state index in [2.05, 4.69) is 15.2 Å². The lowest BCUT2D eigenvalue weighted by Gasteiger charge is -2.19. The van der Waals surface area contributed by atoms with Gasteiger partial charge in [0.15, 0.2) is 0 Å². The third-order valence-corrected chi connectivity index (χ3v) is 6.89. The number of hydrogen-bond donors (Lipinski definition) is 2. The molecule has 7 nitrogen and oxygen atoms in total. The Hall–Kier alpha value is -2.71. The molecule has 0 spiro atoms. The van der Waals surface area contributed by atoms with E-state index in [1.54, 1.807) is 24.7 Å². The summed E-state index contributed by atoms with van der Waals surface area (Å²) in [5.41, 5.74) is 8.18. The molecule has 0 fully saturated rings. The number of nitrogens with zero attached hydrogens (tertiary/aromatic N) is 2. The van der Waals surface area contributed by atoms with Gasteiger partial charge in [-0.1, -0.05) is 12.1 Å². The molecule has 0 saturated heterocycles. The molecule has 0 aliphatic heterocycles. The highest BCUT2D eigenvalue weighted by molar-refractivity contribution is 7.89. The number of carbonyl (C=O) groups is 1. The molecule has 0 radical (unpaired) electrons. The van der Waals surface area contributed by atoms with Gasteiger partial charge in [0.1, 0.15) is 6.54 Å². The standard InChI is InChI=1S/C20H24N4O3S/c1-12-13(2)15(4)20(16(5)14(12)3)28(26,27)23-22-19(25)10-24-11-21-17-8-6-7-9-18(17)24/h6-9,11,23H,10H2,1-5H3,(H,22,25). The minimum atomic E-state index is -3.91. The lowest BCUT2D eigenvalue weighted by Crippen LogP contribution is -2.43. The number of imidazole rings is 1. The van der Waals surface area contributed by atoms with Crippen molar-refractivity contribution in [3.63, 3.8) is 0 Å². The zero-order valence-electron chi connectivity index (χ0n) is 16.6. The summed E-state index contributed by atoms with van der Waals surface area (Å²) in [6.07, 6.45) is 1.56. The van der Waals surface area contributed by atoms with Crippen LogP contribution in [0.3, 0.4) is 0 Å². The number of amides is 1. The quantitative estimate of drug-likeness (QED) is 0.644. The highest BCUT2D eigenvalue weighted by atomic mass is 32.2. The van der Waals surface area contributed by atoms with Crippen molar-refractivity contribution in [1.29, 1.82) is 0 Å². The van der Waals surface area contributed by atoms with E-state index in [-0.39, 0.29) is 11.4 Å². The third kappa shape index (κ3) is 3.53. The number of nitrogens with one attached hydrogen (secondary N) is 2. The second-order valence-corrected chi connectivity index (χ2v) is 8.59. The molecule has 1 amide bonds. The van der Waals surface area contributed by atoms with Crippen LogP contribution in [0.4, 0.5) is 0 Å². The molecule has 3 rings (SSSR count). The number of rotatable bonds is 5. The fourth-order valence-corrected chi connectivity index (χ4v) is 4.84. The number of fused-ring (bicyclic) bond motifs is 1. The van der Waals surface area contributed by atoms with Gasteiger partial charge in [-0.25, -0.2) is 13.4 Å². The van der Waals surface area contributed by atoms with Crippen molar-refractivity contribution in [2.24, 2.45) is 0 Å². The molecule has 0 atom stereocenters. The molecular formula is C20H24N4O3S. The van der Waals surface area contributed by atoms with Gasteiger partial charge in [-0.05, 0) is 74.6 Å². The van der Waals surface area contributed by atoms with Crippen LogP contribution in [0.5, 0.6) is 0 Å². The number of hydrazine groups is 1. The number of sulfonamides is 1. The highest BCUT2D eigenvalue weighted by Crippen LogP contribution is 2.29. The summed E-state index contributed by atoms with van der Waals surface area (Å²) in [7, 11) is -3.91. The molecule has 0 bridgehead atoms. The van der Waals surface area contributed by atoms with Crippen molar-refractivity contribution in [1.82, 2.24) is 19.8 Å². The van der Waals surface area contributed by atoms with Crippen molar-refractivity contribution in [2.45, 2.75) is 46.1 Å². The Balaban J connectivity index is 1.80. The van der Waals surface area contributed by atoms with Crippen LogP contribution in [0.2, 0.25) is 0 Å². The zero-order valence-corrected chi connectivity index (χ0v) is 17.4. The summed E-state index contributed by atoms with van der Waals surface area (Å²) in [5, 5.41) is 0. The third-order valence-electron chi connectivity index (χ3n) is 5.37. The molecule has 8 heteroatoms. The smallest absolute Gasteiger partial charge is 0.257 e. The fraction of sp³-hybridized carbons (Fsp3) is 0.300. The normalized spacial score (nSPS) is 11.8. The lowest BCUT2D eigenvalue weighted by atomic mass is 9.95. The van der Waals surface area contributed by atoms with E-state index in [0.29, 0.717) is 11.1 Å². The van der Waals surface area contributed by atoms with Crippen molar-refractivity contribution < 1.29 is 13.2 Å². The highest BCUT2D eigenvalue weighted by Gasteiger charge is 2.24. The molecule has 1 heterocycles. The van der Waals surface area contributed by atoms with Gasteiger partial charge in [0.25, 0.3) is 15.9 Å². The van der Waals surface area contributed by atoms with Crippen LogP contribution in [0.15, 0.2) is 35.5 Å². The van der Waals surface area contributed by atoms with Crippen LogP contribution >= 0.6 is 0 Å². The van der Waals surface area contributed by atoms with E-state index < -0.39 is 15.9 Å². The molecule has 2 N–H and O–H groups in total. The van der Waals surface area contributed by atoms with Crippen LogP contribution in [-0.2, 0) is 21.4 Å². The van der Waals surface area contributed by atoms with Crippen molar-refractivity contribution in [3.05, 3.63) is 58.4 Å². The van der Waals surface area contributed by atoms with Gasteiger partial charge in [-0.15, -0.1) is 4.83 Å². The van der Waals surface area contributed by atoms with Gasteiger partial charge in [0, 0.05) is 0 Å². The van der Waals surface area contributed by atoms with Gasteiger partial charge in [0.2, 0.25) is 0 Å². The molecule has 148 valence electrons. The SMILES string of the molecule is Cc1c(C)c(C)c(S(=O)(=O)NNC(=O)Cn2cnc3ccccc32)c(C)c1C. The van der Waals surface area contributed by atoms with Crippen LogP contribution in [-0.4, -0.2) is 23.9 Å². The Morgan fingerprint density at radius 2 is 1.54 bits per heavy atom. The maximum atomic E-state index is 12.9. The Morgan fingerprint density at radius 3 is 2.18 bits per heavy atom. The van der Waals surface area contributed by atoms with Crippen molar-refractivity contribution >= 4 is 27.0 Å². The molecular weight excluding hydrogens is 376 g/mol. The fourth-order valence-electron chi connectivity index (χ4n) is 3.37. The number of aromatic nitrogens is 2.